The number of hydrogen-bond acceptors (Lipinski definition) is 1. The van der Waals surface area contributed by atoms with E-state index < -0.39 is 0 Å². The van der Waals surface area contributed by atoms with Crippen LogP contribution in [0.25, 0.3) is 0 Å². The molecule has 41 valence electrons. The minimum Gasteiger partial charge on any atom is -0.183 e. The fourth-order valence-corrected chi connectivity index (χ4v) is 0.315. The summed E-state index contributed by atoms with van der Waals surface area (Å²) in [4.78, 5) is 0. The highest BCUT2D eigenvalue weighted by Crippen LogP contribution is 1.88. The van der Waals surface area contributed by atoms with E-state index in [2.05, 4.69) is 18.8 Å². The second-order valence-corrected chi connectivity index (χ2v) is 1.37. The van der Waals surface area contributed by atoms with E-state index in [1.165, 1.54) is 0 Å². The molecule has 8 heavy (non-hydrogen) atoms. The lowest BCUT2D eigenvalue weighted by molar-refractivity contribution is 0.883. The van der Waals surface area contributed by atoms with Crippen LogP contribution in [0.1, 0.15) is 19.3 Å². The minimum absolute atomic E-state index is 0.803. The van der Waals surface area contributed by atoms with Gasteiger partial charge in [-0.2, -0.15) is 5.26 Å². The fourth-order valence-electron chi connectivity index (χ4n) is 0.315. The van der Waals surface area contributed by atoms with Crippen molar-refractivity contribution < 1.29 is 0 Å². The van der Waals surface area contributed by atoms with Gasteiger partial charge in [0.15, 0.2) is 6.07 Å². The second-order valence-electron chi connectivity index (χ2n) is 1.37. The van der Waals surface area contributed by atoms with Gasteiger partial charge in [0.1, 0.15) is 0 Å². The normalized spacial score (nSPS) is 6.50. The number of rotatable bonds is 2. The summed E-state index contributed by atoms with van der Waals surface area (Å²) in [7, 11) is 0. The van der Waals surface area contributed by atoms with Gasteiger partial charge in [-0.1, -0.05) is 19.3 Å². The lowest BCUT2D eigenvalue weighted by Gasteiger charge is -1.80. The Kier molecular flexibility index (Phi) is 5.33. The van der Waals surface area contributed by atoms with E-state index in [9.17, 15) is 0 Å². The summed E-state index contributed by atoms with van der Waals surface area (Å²) in [6.45, 7) is 3.63. The average Bonchev–Trinajstić information content (AvgIpc) is 1.81. The third-order valence-electron chi connectivity index (χ3n) is 0.696. The van der Waals surface area contributed by atoms with Crippen molar-refractivity contribution in [2.45, 2.75) is 19.3 Å². The van der Waals surface area contributed by atoms with Crippen molar-refractivity contribution in [3.8, 4) is 17.9 Å². The molecule has 0 aliphatic heterocycles. The Bertz CT molecular complexity index is 131. The van der Waals surface area contributed by atoms with Gasteiger partial charge in [0.05, 0.1) is 0 Å². The van der Waals surface area contributed by atoms with E-state index in [1.807, 2.05) is 0 Å². The Morgan fingerprint density at radius 1 is 1.50 bits per heavy atom. The molecule has 1 nitrogen and oxygen atoms in total. The van der Waals surface area contributed by atoms with Crippen molar-refractivity contribution in [2.24, 2.45) is 0 Å². The van der Waals surface area contributed by atoms with E-state index in [0.29, 0.717) is 0 Å². The van der Waals surface area contributed by atoms with E-state index >= 15 is 0 Å². The zero-order valence-corrected chi connectivity index (χ0v) is 4.78. The number of nitriles is 1. The van der Waals surface area contributed by atoms with Crippen molar-refractivity contribution in [2.75, 3.05) is 0 Å². The van der Waals surface area contributed by atoms with Gasteiger partial charge >= 0.3 is 0 Å². The van der Waals surface area contributed by atoms with Crippen LogP contribution in [0.3, 0.4) is 0 Å². The summed E-state index contributed by atoms with van der Waals surface area (Å²) in [5, 5.41) is 7.93. The van der Waals surface area contributed by atoms with E-state index in [4.69, 9.17) is 5.26 Å². The fraction of sp³-hybridized carbons (Fsp3) is 0.429. The van der Waals surface area contributed by atoms with Crippen LogP contribution in [0.4, 0.5) is 0 Å². The third-order valence-corrected chi connectivity index (χ3v) is 0.696. The molecule has 0 atom stereocenters. The molecule has 1 heteroatoms. The Morgan fingerprint density at radius 3 is 2.75 bits per heavy atom. The van der Waals surface area contributed by atoms with Crippen LogP contribution in [-0.4, -0.2) is 0 Å². The van der Waals surface area contributed by atoms with Crippen LogP contribution in [0.15, 0.2) is 0 Å². The molecule has 0 fully saturated rings. The van der Waals surface area contributed by atoms with Crippen LogP contribution < -0.4 is 0 Å². The second kappa shape index (κ2) is 6.05. The summed E-state index contributed by atoms with van der Waals surface area (Å²) in [5.41, 5.74) is 0. The summed E-state index contributed by atoms with van der Waals surface area (Å²) in [6, 6.07) is 1.75. The van der Waals surface area contributed by atoms with Crippen molar-refractivity contribution in [3.05, 3.63) is 6.92 Å². The quantitative estimate of drug-likeness (QED) is 0.386. The SMILES string of the molecule is [CH2]CCCC#CC#N. The molecule has 0 aromatic rings. The van der Waals surface area contributed by atoms with Gasteiger partial charge in [0.2, 0.25) is 0 Å². The van der Waals surface area contributed by atoms with Gasteiger partial charge in [-0.25, -0.2) is 0 Å². The molecule has 0 aromatic heterocycles. The van der Waals surface area contributed by atoms with Crippen molar-refractivity contribution in [1.29, 1.82) is 5.26 Å². The topological polar surface area (TPSA) is 23.8 Å². The molecule has 0 unspecified atom stereocenters. The number of nitrogens with zero attached hydrogens (tertiary/aromatic N) is 1. The summed E-state index contributed by atoms with van der Waals surface area (Å²) in [5.74, 6) is 5.00. The largest absolute Gasteiger partial charge is 0.183 e. The molecule has 0 heterocycles. The lowest BCUT2D eigenvalue weighted by Crippen LogP contribution is -1.65. The zero-order valence-electron chi connectivity index (χ0n) is 4.78. The van der Waals surface area contributed by atoms with Crippen molar-refractivity contribution in [3.63, 3.8) is 0 Å². The predicted octanol–water partition coefficient (Wildman–Crippen LogP) is 1.52. The van der Waals surface area contributed by atoms with Crippen LogP contribution in [0.5, 0.6) is 0 Å². The van der Waals surface area contributed by atoms with Crippen LogP contribution in [-0.2, 0) is 0 Å². The number of unbranched alkanes of at least 4 members (excludes halogenated alkanes) is 2. The summed E-state index contributed by atoms with van der Waals surface area (Å²) >= 11 is 0. The molecule has 1 radical (unpaired) electrons. The molecule has 0 aromatic carbocycles. The molecule has 0 saturated carbocycles. The van der Waals surface area contributed by atoms with Gasteiger partial charge in [-0.05, 0) is 6.42 Å². The van der Waals surface area contributed by atoms with E-state index in [1.54, 1.807) is 6.07 Å². The highest BCUT2D eigenvalue weighted by molar-refractivity contribution is 5.16. The van der Waals surface area contributed by atoms with Crippen molar-refractivity contribution in [1.82, 2.24) is 0 Å². The first-order valence-electron chi connectivity index (χ1n) is 2.58. The van der Waals surface area contributed by atoms with Crippen molar-refractivity contribution >= 4 is 0 Å². The third kappa shape index (κ3) is 5.05. The lowest BCUT2D eigenvalue weighted by atomic mass is 10.3. The average molecular weight is 106 g/mol. The van der Waals surface area contributed by atoms with Crippen LogP contribution in [0, 0.1) is 30.1 Å². The highest BCUT2D eigenvalue weighted by atomic mass is 14.2. The van der Waals surface area contributed by atoms with Gasteiger partial charge in [-0.15, -0.1) is 0 Å². The molecule has 0 bridgehead atoms. The summed E-state index contributed by atoms with van der Waals surface area (Å²) < 4.78 is 0. The smallest absolute Gasteiger partial charge is 0.152 e. The maximum absolute atomic E-state index is 7.93. The van der Waals surface area contributed by atoms with E-state index in [-0.39, 0.29) is 0 Å². The standard InChI is InChI=1S/C7H8N/c1-2-3-4-5-6-7-8/h1-4H2. The first kappa shape index (κ1) is 7.05. The first-order valence-corrected chi connectivity index (χ1v) is 2.58. The van der Waals surface area contributed by atoms with Gasteiger partial charge in [0.25, 0.3) is 0 Å². The Hall–Kier alpha value is -0.950. The van der Waals surface area contributed by atoms with Gasteiger partial charge < -0.3 is 0 Å². The molecule has 0 aliphatic rings. The molecule has 0 aliphatic carbocycles. The molecular weight excluding hydrogens is 98.1 g/mol. The Labute approximate surface area is 50.3 Å². The van der Waals surface area contributed by atoms with Gasteiger partial charge in [-0.3, -0.25) is 0 Å². The molecule has 0 amide bonds. The van der Waals surface area contributed by atoms with Crippen LogP contribution >= 0.6 is 0 Å². The maximum atomic E-state index is 7.93. The molecule has 0 rings (SSSR count). The van der Waals surface area contributed by atoms with Crippen LogP contribution in [0.2, 0.25) is 0 Å². The van der Waals surface area contributed by atoms with E-state index in [0.717, 1.165) is 19.3 Å². The monoisotopic (exact) mass is 106 g/mol. The molecule has 0 saturated heterocycles. The predicted molar refractivity (Wildman–Crippen MR) is 32.6 cm³/mol. The van der Waals surface area contributed by atoms with Gasteiger partial charge in [0, 0.05) is 12.3 Å². The molecular formula is C7H8N. The Balaban J connectivity index is 3.06. The molecule has 0 N–H and O–H groups in total. The first-order chi connectivity index (χ1) is 3.91. The zero-order chi connectivity index (χ0) is 6.24. The summed E-state index contributed by atoms with van der Waals surface area (Å²) in [6.07, 6.45) is 2.70. The minimum atomic E-state index is 0.803. The highest BCUT2D eigenvalue weighted by Gasteiger charge is 1.73. The Morgan fingerprint density at radius 2 is 2.25 bits per heavy atom. The number of hydrogen-bond donors (Lipinski definition) is 0. The maximum Gasteiger partial charge on any atom is 0.152 e. The molecule has 0 spiro atoms.